The lowest BCUT2D eigenvalue weighted by molar-refractivity contribution is -0.386. The summed E-state index contributed by atoms with van der Waals surface area (Å²) >= 11 is 1.63. The number of nitrogens with zero attached hydrogens (tertiary/aromatic N) is 4. The molecule has 0 unspecified atom stereocenters. The van der Waals surface area contributed by atoms with Crippen molar-refractivity contribution >= 4 is 22.9 Å². The van der Waals surface area contributed by atoms with Crippen molar-refractivity contribution < 1.29 is 9.72 Å². The van der Waals surface area contributed by atoms with Crippen molar-refractivity contribution in [1.29, 1.82) is 0 Å². The Kier molecular flexibility index (Phi) is 5.60. The second-order valence-electron chi connectivity index (χ2n) is 6.74. The highest BCUT2D eigenvalue weighted by Crippen LogP contribution is 2.25. The van der Waals surface area contributed by atoms with Crippen molar-refractivity contribution in [3.63, 3.8) is 0 Å². The van der Waals surface area contributed by atoms with Crippen molar-refractivity contribution in [2.24, 2.45) is 0 Å². The van der Waals surface area contributed by atoms with Gasteiger partial charge in [0.25, 0.3) is 5.91 Å². The van der Waals surface area contributed by atoms with E-state index in [-0.39, 0.29) is 17.6 Å². The van der Waals surface area contributed by atoms with Crippen LogP contribution < -0.4 is 0 Å². The molecule has 0 N–H and O–H groups in total. The van der Waals surface area contributed by atoms with Crippen LogP contribution in [0, 0.1) is 24.0 Å². The van der Waals surface area contributed by atoms with Crippen molar-refractivity contribution in [3.05, 3.63) is 79.3 Å². The Hall–Kier alpha value is -3.00. The number of aryl methyl sites for hydroxylation is 1. The maximum Gasteiger partial charge on any atom is 0.312 e. The summed E-state index contributed by atoms with van der Waals surface area (Å²) in [5, 5.41) is 17.4. The number of hydrogen-bond donors (Lipinski definition) is 0. The summed E-state index contributed by atoms with van der Waals surface area (Å²) in [5.41, 5.74) is 2.50. The fourth-order valence-corrected chi connectivity index (χ4v) is 3.96. The molecule has 28 heavy (non-hydrogen) atoms. The molecule has 3 rings (SSSR count). The van der Waals surface area contributed by atoms with E-state index in [9.17, 15) is 14.9 Å². The SMILES string of the molecule is Cc1nn(Cc2ccc(C(=O)N(C)[C@@H](C)c3cccs3)cc2)c(C)c1[N+](=O)[O-]. The van der Waals surface area contributed by atoms with Crippen LogP contribution >= 0.6 is 11.3 Å². The van der Waals surface area contributed by atoms with Crippen molar-refractivity contribution in [3.8, 4) is 0 Å². The molecule has 0 aliphatic carbocycles. The van der Waals surface area contributed by atoms with E-state index in [0.717, 1.165) is 10.4 Å². The van der Waals surface area contributed by atoms with Crippen molar-refractivity contribution in [2.45, 2.75) is 33.4 Å². The van der Waals surface area contributed by atoms with E-state index in [1.807, 2.05) is 36.6 Å². The lowest BCUT2D eigenvalue weighted by atomic mass is 10.1. The normalized spacial score (nSPS) is 12.0. The molecule has 2 heterocycles. The summed E-state index contributed by atoms with van der Waals surface area (Å²) in [6, 6.07) is 11.3. The number of thiophene rings is 1. The molecule has 1 amide bonds. The van der Waals surface area contributed by atoms with Crippen LogP contribution in [0.2, 0.25) is 0 Å². The highest BCUT2D eigenvalue weighted by atomic mass is 32.1. The summed E-state index contributed by atoms with van der Waals surface area (Å²) in [4.78, 5) is 26.4. The van der Waals surface area contributed by atoms with Gasteiger partial charge in [0.05, 0.1) is 17.5 Å². The monoisotopic (exact) mass is 398 g/mol. The minimum absolute atomic E-state index is 0.00225. The Bertz CT molecular complexity index is 993. The van der Waals surface area contributed by atoms with Gasteiger partial charge in [-0.2, -0.15) is 5.10 Å². The second kappa shape index (κ2) is 7.93. The van der Waals surface area contributed by atoms with E-state index in [1.54, 1.807) is 53.9 Å². The van der Waals surface area contributed by atoms with Gasteiger partial charge < -0.3 is 4.90 Å². The highest BCUT2D eigenvalue weighted by Gasteiger charge is 2.22. The van der Waals surface area contributed by atoms with E-state index >= 15 is 0 Å². The molecule has 1 aromatic carbocycles. The fraction of sp³-hybridized carbons (Fsp3) is 0.300. The number of nitro groups is 1. The Morgan fingerprint density at radius 2 is 1.96 bits per heavy atom. The maximum atomic E-state index is 12.8. The zero-order valence-electron chi connectivity index (χ0n) is 16.2. The van der Waals surface area contributed by atoms with E-state index in [1.165, 1.54) is 0 Å². The van der Waals surface area contributed by atoms with E-state index < -0.39 is 4.92 Å². The molecule has 2 aromatic heterocycles. The number of benzene rings is 1. The minimum Gasteiger partial charge on any atom is -0.334 e. The predicted molar refractivity (Wildman–Crippen MR) is 109 cm³/mol. The van der Waals surface area contributed by atoms with Gasteiger partial charge in [-0.3, -0.25) is 19.6 Å². The molecule has 146 valence electrons. The molecule has 0 aliphatic rings. The number of hydrogen-bond acceptors (Lipinski definition) is 5. The predicted octanol–water partition coefficient (Wildman–Crippen LogP) is 4.35. The van der Waals surface area contributed by atoms with Crippen LogP contribution in [0.1, 0.15) is 45.2 Å². The number of carbonyl (C=O) groups is 1. The number of rotatable bonds is 6. The van der Waals surface area contributed by atoms with Crippen molar-refractivity contribution in [2.75, 3.05) is 7.05 Å². The van der Waals surface area contributed by atoms with E-state index in [4.69, 9.17) is 0 Å². The van der Waals surface area contributed by atoms with Gasteiger partial charge in [0, 0.05) is 17.5 Å². The topological polar surface area (TPSA) is 81.3 Å². The molecule has 0 spiro atoms. The fourth-order valence-electron chi connectivity index (χ4n) is 3.13. The number of amides is 1. The summed E-state index contributed by atoms with van der Waals surface area (Å²) in [6.45, 7) is 5.75. The average molecular weight is 398 g/mol. The first-order chi connectivity index (χ1) is 13.3. The van der Waals surface area contributed by atoms with E-state index in [2.05, 4.69) is 5.10 Å². The van der Waals surface area contributed by atoms with Crippen LogP contribution in [0.5, 0.6) is 0 Å². The van der Waals surface area contributed by atoms with Gasteiger partial charge in [0.1, 0.15) is 11.4 Å². The van der Waals surface area contributed by atoms with Gasteiger partial charge >= 0.3 is 5.69 Å². The zero-order chi connectivity index (χ0) is 20.4. The molecule has 0 saturated carbocycles. The molecule has 0 bridgehead atoms. The second-order valence-corrected chi connectivity index (χ2v) is 7.72. The van der Waals surface area contributed by atoms with E-state index in [0.29, 0.717) is 23.5 Å². The first-order valence-corrected chi connectivity index (χ1v) is 9.75. The summed E-state index contributed by atoms with van der Waals surface area (Å²) in [6.07, 6.45) is 0. The lowest BCUT2D eigenvalue weighted by Gasteiger charge is -2.24. The summed E-state index contributed by atoms with van der Waals surface area (Å²) in [7, 11) is 1.80. The molecular formula is C20H22N4O3S. The Labute approximate surface area is 167 Å². The van der Waals surface area contributed by atoms with Crippen molar-refractivity contribution in [1.82, 2.24) is 14.7 Å². The lowest BCUT2D eigenvalue weighted by Crippen LogP contribution is -2.29. The van der Waals surface area contributed by atoms with Crippen LogP contribution in [0.4, 0.5) is 5.69 Å². The van der Waals surface area contributed by atoms with Crippen LogP contribution in [-0.4, -0.2) is 32.6 Å². The molecule has 0 saturated heterocycles. The first-order valence-electron chi connectivity index (χ1n) is 8.87. The minimum atomic E-state index is -0.402. The Morgan fingerprint density at radius 3 is 2.50 bits per heavy atom. The molecule has 8 heteroatoms. The number of aromatic nitrogens is 2. The summed E-state index contributed by atoms with van der Waals surface area (Å²) in [5.74, 6) is -0.0470. The van der Waals surface area contributed by atoms with Crippen LogP contribution in [0.3, 0.4) is 0 Å². The first kappa shape index (κ1) is 19.8. The molecular weight excluding hydrogens is 376 g/mol. The molecule has 1 atom stereocenters. The number of carbonyl (C=O) groups excluding carboxylic acids is 1. The molecule has 7 nitrogen and oxygen atoms in total. The Balaban J connectivity index is 1.74. The van der Waals surface area contributed by atoms with Gasteiger partial charge in [-0.25, -0.2) is 0 Å². The standard InChI is InChI=1S/C20H22N4O3S/c1-13-19(24(26)27)15(3)23(21-13)12-16-7-9-17(10-8-16)20(25)22(4)14(2)18-6-5-11-28-18/h5-11,14H,12H2,1-4H3/t14-/m0/s1. The largest absolute Gasteiger partial charge is 0.334 e. The van der Waals surface area contributed by atoms with Gasteiger partial charge in [-0.05, 0) is 49.9 Å². The third-order valence-electron chi connectivity index (χ3n) is 4.92. The zero-order valence-corrected chi connectivity index (χ0v) is 17.1. The summed E-state index contributed by atoms with van der Waals surface area (Å²) < 4.78 is 1.62. The molecule has 0 radical (unpaired) electrons. The third-order valence-corrected chi connectivity index (χ3v) is 5.96. The Morgan fingerprint density at radius 1 is 1.29 bits per heavy atom. The molecule has 0 fully saturated rings. The molecule has 0 aliphatic heterocycles. The quantitative estimate of drug-likeness (QED) is 0.457. The average Bonchev–Trinajstić information content (AvgIpc) is 3.29. The van der Waals surface area contributed by atoms with Crippen LogP contribution in [0.15, 0.2) is 41.8 Å². The van der Waals surface area contributed by atoms with Crippen LogP contribution in [-0.2, 0) is 6.54 Å². The third kappa shape index (κ3) is 3.82. The highest BCUT2D eigenvalue weighted by molar-refractivity contribution is 7.10. The van der Waals surface area contributed by atoms with Gasteiger partial charge in [-0.1, -0.05) is 18.2 Å². The van der Waals surface area contributed by atoms with Crippen LogP contribution in [0.25, 0.3) is 0 Å². The smallest absolute Gasteiger partial charge is 0.312 e. The van der Waals surface area contributed by atoms with Gasteiger partial charge in [-0.15, -0.1) is 11.3 Å². The maximum absolute atomic E-state index is 12.8. The van der Waals surface area contributed by atoms with Gasteiger partial charge in [0.15, 0.2) is 0 Å². The van der Waals surface area contributed by atoms with Gasteiger partial charge in [0.2, 0.25) is 0 Å². The molecule has 3 aromatic rings.